The largest absolute Gasteiger partial charge is 0.497 e. The summed E-state index contributed by atoms with van der Waals surface area (Å²) in [5.74, 6) is 3.57. The summed E-state index contributed by atoms with van der Waals surface area (Å²) in [5, 5.41) is 26.1. The molecule has 0 fully saturated rings. The molecule has 0 aliphatic rings. The number of aliphatic carboxylic acids is 3. The third kappa shape index (κ3) is 50.3. The van der Waals surface area contributed by atoms with E-state index in [-0.39, 0.29) is 81.4 Å². The lowest BCUT2D eigenvalue weighted by atomic mass is 10.0. The van der Waals surface area contributed by atoms with E-state index in [2.05, 4.69) is 72.8 Å². The van der Waals surface area contributed by atoms with Crippen molar-refractivity contribution < 1.29 is 106 Å². The first kappa shape index (κ1) is 110. The number of methoxy groups -OCH3 is 4. The van der Waals surface area contributed by atoms with Crippen molar-refractivity contribution in [2.75, 3.05) is 137 Å². The number of ether oxygens (including phenoxy) is 12. The average molecular weight is 1810 g/mol. The van der Waals surface area contributed by atoms with E-state index in [0.29, 0.717) is 97.0 Å². The molecule has 0 saturated heterocycles. The smallest absolute Gasteiger partial charge is 0.306 e. The summed E-state index contributed by atoms with van der Waals surface area (Å²) >= 11 is 0. The van der Waals surface area contributed by atoms with Crippen LogP contribution in [0.5, 0.6) is 46.0 Å². The molecular formula is C105H144N4O22. The number of rotatable bonds is 62. The van der Waals surface area contributed by atoms with Gasteiger partial charge in [-0.3, -0.25) is 33.6 Å². The highest BCUT2D eigenvalue weighted by Crippen LogP contribution is 2.28. The molecule has 26 heteroatoms. The Kier molecular flexibility index (Phi) is 55.1. The van der Waals surface area contributed by atoms with E-state index in [0.717, 1.165) is 158 Å². The third-order valence-electron chi connectivity index (χ3n) is 20.9. The highest BCUT2D eigenvalue weighted by atomic mass is 16.6. The van der Waals surface area contributed by atoms with Crippen LogP contribution >= 0.6 is 0 Å². The van der Waals surface area contributed by atoms with E-state index < -0.39 is 17.9 Å². The SMILES string of the molecule is COc1ccc(CCc2ccccc2OCC(CN(C)C)OC(=O)CCCCCCC(=O)O)cc1.COc1ccc(CCc2ccccc2OCC(CN(C)C)OC=O)cc1.COc1ccc(CCc2ccccc2OC[C@@H](CN(C)C)OC(=O)CCCCCCC(=O)O)cc1.COc1ccc(CCc2ccccc2OC[C@H](CN(C)C)OC(=O)CCCCCCC(=O)O)cc1. The van der Waals surface area contributed by atoms with Crippen molar-refractivity contribution in [1.82, 2.24) is 19.6 Å². The Labute approximate surface area is 777 Å². The Balaban J connectivity index is 0.000000311. The van der Waals surface area contributed by atoms with E-state index in [1.54, 1.807) is 28.4 Å². The van der Waals surface area contributed by atoms with Crippen molar-refractivity contribution in [3.8, 4) is 46.0 Å². The van der Waals surface area contributed by atoms with Gasteiger partial charge in [-0.15, -0.1) is 0 Å². The number of carboxylic acids is 3. The minimum atomic E-state index is -0.779. The molecule has 0 aliphatic carbocycles. The third-order valence-corrected chi connectivity index (χ3v) is 20.9. The number of nitrogens with zero attached hydrogens (tertiary/aromatic N) is 4. The Morgan fingerprint density at radius 1 is 0.275 bits per heavy atom. The lowest BCUT2D eigenvalue weighted by Crippen LogP contribution is -2.35. The zero-order chi connectivity index (χ0) is 95.2. The van der Waals surface area contributed by atoms with E-state index in [9.17, 15) is 33.6 Å². The van der Waals surface area contributed by atoms with E-state index in [4.69, 9.17) is 72.2 Å². The first-order valence-corrected chi connectivity index (χ1v) is 45.5. The van der Waals surface area contributed by atoms with Crippen molar-refractivity contribution in [1.29, 1.82) is 0 Å². The Hall–Kier alpha value is -11.7. The number of likely N-dealkylation sites (N-methyl/N-ethyl adjacent to an activating group) is 4. The maximum Gasteiger partial charge on any atom is 0.306 e. The Bertz CT molecular complexity index is 4130. The molecule has 0 radical (unpaired) electrons. The molecular weight excluding hydrogens is 1670 g/mol. The molecule has 0 spiro atoms. The van der Waals surface area contributed by atoms with E-state index >= 15 is 0 Å². The van der Waals surface area contributed by atoms with Gasteiger partial charge in [0.2, 0.25) is 0 Å². The minimum absolute atomic E-state index is 0.175. The number of hydrogen-bond donors (Lipinski definition) is 3. The lowest BCUT2D eigenvalue weighted by molar-refractivity contribution is -0.152. The van der Waals surface area contributed by atoms with Gasteiger partial charge in [-0.1, -0.05) is 160 Å². The van der Waals surface area contributed by atoms with Crippen LogP contribution in [0.4, 0.5) is 0 Å². The number of aryl methyl sites for hydroxylation is 8. The van der Waals surface area contributed by atoms with Gasteiger partial charge in [-0.05, 0) is 264 Å². The first-order chi connectivity index (χ1) is 63.2. The normalized spacial score (nSPS) is 11.8. The predicted molar refractivity (Wildman–Crippen MR) is 510 cm³/mol. The van der Waals surface area contributed by atoms with Crippen LogP contribution in [0.15, 0.2) is 194 Å². The summed E-state index contributed by atoms with van der Waals surface area (Å²) in [6.07, 6.45) is 15.9. The summed E-state index contributed by atoms with van der Waals surface area (Å²) in [5.41, 5.74) is 9.39. The molecule has 0 bridgehead atoms. The second-order valence-corrected chi connectivity index (χ2v) is 33.2. The molecule has 0 heterocycles. The number of carboxylic acid groups (broad SMARTS) is 3. The zero-order valence-corrected chi connectivity index (χ0v) is 79.3. The van der Waals surface area contributed by atoms with Gasteiger partial charge < -0.3 is 91.8 Å². The monoisotopic (exact) mass is 1810 g/mol. The van der Waals surface area contributed by atoms with Crippen LogP contribution in [0.2, 0.25) is 0 Å². The number of para-hydroxylation sites is 4. The van der Waals surface area contributed by atoms with Gasteiger partial charge in [-0.25, -0.2) is 0 Å². The molecule has 8 aromatic rings. The summed E-state index contributed by atoms with van der Waals surface area (Å²) in [6.45, 7) is 3.97. The van der Waals surface area contributed by atoms with Crippen molar-refractivity contribution >= 4 is 42.3 Å². The summed E-state index contributed by atoms with van der Waals surface area (Å²) < 4.78 is 67.4. The van der Waals surface area contributed by atoms with Gasteiger partial charge in [0.05, 0.1) is 28.4 Å². The number of esters is 3. The highest BCUT2D eigenvalue weighted by Gasteiger charge is 2.23. The topological polar surface area (TPSA) is 304 Å². The Morgan fingerprint density at radius 2 is 0.481 bits per heavy atom. The summed E-state index contributed by atoms with van der Waals surface area (Å²) in [4.78, 5) is 87.3. The lowest BCUT2D eigenvalue weighted by Gasteiger charge is -2.22. The number of benzene rings is 8. The molecule has 4 atom stereocenters. The fraction of sp³-hybridized carbons (Fsp3) is 0.476. The highest BCUT2D eigenvalue weighted by molar-refractivity contribution is 5.71. The molecule has 26 nitrogen and oxygen atoms in total. The number of carbonyl (C=O) groups excluding carboxylic acids is 4. The second kappa shape index (κ2) is 65.8. The van der Waals surface area contributed by atoms with Gasteiger partial charge in [0.25, 0.3) is 6.47 Å². The molecule has 0 saturated carbocycles. The zero-order valence-electron chi connectivity index (χ0n) is 79.3. The van der Waals surface area contributed by atoms with Crippen LogP contribution in [0.25, 0.3) is 0 Å². The molecule has 3 N–H and O–H groups in total. The Morgan fingerprint density at radius 3 is 0.687 bits per heavy atom. The first-order valence-electron chi connectivity index (χ1n) is 45.5. The molecule has 8 aromatic carbocycles. The van der Waals surface area contributed by atoms with E-state index in [1.165, 1.54) is 22.3 Å². The fourth-order valence-corrected chi connectivity index (χ4v) is 14.1. The molecule has 0 aromatic heterocycles. The summed E-state index contributed by atoms with van der Waals surface area (Å²) in [6, 6.07) is 64.2. The van der Waals surface area contributed by atoms with Crippen LogP contribution in [0.3, 0.4) is 0 Å². The van der Waals surface area contributed by atoms with Crippen LogP contribution < -0.4 is 37.9 Å². The molecule has 0 amide bonds. The van der Waals surface area contributed by atoms with Crippen LogP contribution in [-0.2, 0) is 104 Å². The van der Waals surface area contributed by atoms with Crippen molar-refractivity contribution in [3.05, 3.63) is 239 Å². The minimum Gasteiger partial charge on any atom is -0.497 e. The maximum absolute atomic E-state index is 12.4. The van der Waals surface area contributed by atoms with Gasteiger partial charge in [0.15, 0.2) is 0 Å². The van der Waals surface area contributed by atoms with Crippen LogP contribution in [0, 0.1) is 0 Å². The van der Waals surface area contributed by atoms with Crippen molar-refractivity contribution in [2.45, 2.75) is 191 Å². The van der Waals surface area contributed by atoms with Crippen molar-refractivity contribution in [2.24, 2.45) is 0 Å². The van der Waals surface area contributed by atoms with Gasteiger partial charge in [-0.2, -0.15) is 0 Å². The van der Waals surface area contributed by atoms with E-state index in [1.807, 2.05) is 197 Å². The standard InChI is InChI=1S/3C28H39NO6.C21H27NO4/c3*1-29(2)20-25(35-28(32)13-7-5-4-6-12-27(30)31)21-34-26-11-9-8-10-23(26)17-14-22-15-18-24(33-3)19-16-22;1-22(2)14-20(26-16-23)15-25-21-7-5-4-6-18(21)11-8-17-9-12-19(24-3)13-10-17/h3*8-11,15-16,18-19,25H,4-7,12-14,17,20-21H2,1-3H3,(H,30,31);4-7,9-10,12-13,16,20H,8,11,14-15H2,1-3H3/t2*25-;;/m10../s1. The van der Waals surface area contributed by atoms with Crippen molar-refractivity contribution in [3.63, 3.8) is 0 Å². The summed E-state index contributed by atoms with van der Waals surface area (Å²) in [7, 11) is 22.1. The molecule has 8 rings (SSSR count). The fourth-order valence-electron chi connectivity index (χ4n) is 14.1. The molecule has 2 unspecified atom stereocenters. The number of carbonyl (C=O) groups is 7. The predicted octanol–water partition coefficient (Wildman–Crippen LogP) is 17.2. The second-order valence-electron chi connectivity index (χ2n) is 33.2. The van der Waals surface area contributed by atoms with Crippen LogP contribution in [0.1, 0.15) is 160 Å². The number of unbranched alkanes of at least 4 members (excludes halogenated alkanes) is 9. The van der Waals surface area contributed by atoms with Gasteiger partial charge in [0, 0.05) is 64.7 Å². The van der Waals surface area contributed by atoms with Crippen LogP contribution in [-0.4, -0.2) is 239 Å². The quantitative estimate of drug-likeness (QED) is 0.0138. The molecule has 131 heavy (non-hydrogen) atoms. The van der Waals surface area contributed by atoms with Gasteiger partial charge >= 0.3 is 35.8 Å². The maximum atomic E-state index is 12.4. The molecule has 716 valence electrons. The number of hydrogen-bond acceptors (Lipinski definition) is 23. The van der Waals surface area contributed by atoms with Gasteiger partial charge in [0.1, 0.15) is 96.8 Å². The molecule has 0 aliphatic heterocycles. The average Bonchev–Trinajstić information content (AvgIpc) is 0.877.